The van der Waals surface area contributed by atoms with Gasteiger partial charge in [0.1, 0.15) is 0 Å². The summed E-state index contributed by atoms with van der Waals surface area (Å²) >= 11 is 1.43. The van der Waals surface area contributed by atoms with Crippen molar-refractivity contribution in [2.24, 2.45) is 0 Å². The van der Waals surface area contributed by atoms with E-state index in [0.717, 1.165) is 23.0 Å². The maximum absolute atomic E-state index is 11.9. The molecule has 1 N–H and O–H groups in total. The Bertz CT molecular complexity index is 639. The van der Waals surface area contributed by atoms with Gasteiger partial charge in [0.25, 0.3) is 0 Å². The Balaban J connectivity index is 2.23. The third kappa shape index (κ3) is 4.58. The van der Waals surface area contributed by atoms with Gasteiger partial charge < -0.3 is 5.32 Å². The third-order valence-electron chi connectivity index (χ3n) is 3.51. The first-order chi connectivity index (χ1) is 11.0. The van der Waals surface area contributed by atoms with Crippen molar-refractivity contribution < 1.29 is 4.79 Å². The van der Waals surface area contributed by atoms with E-state index in [0.29, 0.717) is 5.75 Å². The van der Waals surface area contributed by atoms with Gasteiger partial charge in [-0.1, -0.05) is 49.0 Å². The summed E-state index contributed by atoms with van der Waals surface area (Å²) in [5.41, 5.74) is 1.04. The molecule has 5 nitrogen and oxygen atoms in total. The molecule has 1 atom stereocenters. The second kappa shape index (κ2) is 8.15. The smallest absolute Gasteiger partial charge is 0.230 e. The molecule has 2 aromatic rings. The Hall–Kier alpha value is -1.82. The highest BCUT2D eigenvalue weighted by molar-refractivity contribution is 7.99. The molecule has 0 radical (unpaired) electrons. The Morgan fingerprint density at radius 3 is 2.52 bits per heavy atom. The molecule has 0 spiro atoms. The zero-order valence-corrected chi connectivity index (χ0v) is 14.9. The molecule has 2 rings (SSSR count). The van der Waals surface area contributed by atoms with E-state index in [9.17, 15) is 4.79 Å². The number of aromatic nitrogens is 3. The minimum Gasteiger partial charge on any atom is -0.353 e. The van der Waals surface area contributed by atoms with E-state index in [4.69, 9.17) is 0 Å². The number of rotatable bonds is 7. The van der Waals surface area contributed by atoms with Crippen molar-refractivity contribution in [1.29, 1.82) is 0 Å². The molecule has 1 heterocycles. The number of benzene rings is 1. The van der Waals surface area contributed by atoms with Crippen molar-refractivity contribution in [3.05, 3.63) is 30.3 Å². The lowest BCUT2D eigenvalue weighted by Crippen LogP contribution is -2.31. The van der Waals surface area contributed by atoms with Crippen LogP contribution in [0, 0.1) is 0 Å². The summed E-state index contributed by atoms with van der Waals surface area (Å²) < 4.78 is 2.13. The topological polar surface area (TPSA) is 59.8 Å². The van der Waals surface area contributed by atoms with Crippen LogP contribution in [0.15, 0.2) is 35.5 Å². The van der Waals surface area contributed by atoms with Crippen LogP contribution in [0.5, 0.6) is 0 Å². The highest BCUT2D eigenvalue weighted by atomic mass is 32.2. The van der Waals surface area contributed by atoms with Crippen LogP contribution in [-0.4, -0.2) is 32.5 Å². The molecule has 0 fully saturated rings. The minimum absolute atomic E-state index is 0.0185. The maximum atomic E-state index is 11.9. The normalized spacial score (nSPS) is 12.4. The predicted octanol–water partition coefficient (Wildman–Crippen LogP) is 3.53. The van der Waals surface area contributed by atoms with Crippen LogP contribution in [0.3, 0.4) is 0 Å². The molecule has 6 heteroatoms. The second-order valence-electron chi connectivity index (χ2n) is 5.81. The van der Waals surface area contributed by atoms with Gasteiger partial charge in [-0.15, -0.1) is 10.2 Å². The number of hydrogen-bond acceptors (Lipinski definition) is 4. The van der Waals surface area contributed by atoms with Crippen molar-refractivity contribution in [1.82, 2.24) is 20.1 Å². The van der Waals surface area contributed by atoms with Crippen molar-refractivity contribution in [3.8, 4) is 11.4 Å². The fourth-order valence-corrected chi connectivity index (χ4v) is 3.08. The molecule has 0 aliphatic heterocycles. The predicted molar refractivity (Wildman–Crippen MR) is 94.5 cm³/mol. The zero-order valence-electron chi connectivity index (χ0n) is 14.1. The van der Waals surface area contributed by atoms with E-state index < -0.39 is 0 Å². The molecule has 0 aliphatic rings. The highest BCUT2D eigenvalue weighted by Gasteiger charge is 2.19. The van der Waals surface area contributed by atoms with Gasteiger partial charge in [0.15, 0.2) is 11.0 Å². The molecule has 0 bridgehead atoms. The SMILES string of the molecule is CCC(C)n1c(SCC(=O)NC(C)C)nnc1-c1ccccc1. The van der Waals surface area contributed by atoms with Gasteiger partial charge in [-0.05, 0) is 27.2 Å². The van der Waals surface area contributed by atoms with Gasteiger partial charge in [-0.3, -0.25) is 9.36 Å². The van der Waals surface area contributed by atoms with Crippen molar-refractivity contribution in [2.75, 3.05) is 5.75 Å². The Labute approximate surface area is 141 Å². The molecule has 0 saturated heterocycles. The monoisotopic (exact) mass is 332 g/mol. The molecule has 1 unspecified atom stereocenters. The van der Waals surface area contributed by atoms with E-state index >= 15 is 0 Å². The molecule has 23 heavy (non-hydrogen) atoms. The summed E-state index contributed by atoms with van der Waals surface area (Å²) in [5, 5.41) is 12.3. The van der Waals surface area contributed by atoms with Crippen LogP contribution in [-0.2, 0) is 4.79 Å². The Morgan fingerprint density at radius 2 is 1.91 bits per heavy atom. The third-order valence-corrected chi connectivity index (χ3v) is 4.45. The van der Waals surface area contributed by atoms with Gasteiger partial charge in [0.2, 0.25) is 5.91 Å². The number of nitrogens with zero attached hydrogens (tertiary/aromatic N) is 3. The van der Waals surface area contributed by atoms with Crippen LogP contribution in [0.2, 0.25) is 0 Å². The number of amides is 1. The van der Waals surface area contributed by atoms with Crippen LogP contribution in [0.4, 0.5) is 0 Å². The molecule has 124 valence electrons. The van der Waals surface area contributed by atoms with Crippen LogP contribution in [0.1, 0.15) is 40.2 Å². The molecular weight excluding hydrogens is 308 g/mol. The van der Waals surface area contributed by atoms with E-state index in [-0.39, 0.29) is 18.0 Å². The molecular formula is C17H24N4OS. The summed E-state index contributed by atoms with van der Waals surface area (Å²) in [6.45, 7) is 8.20. The molecule has 1 aromatic carbocycles. The first-order valence-electron chi connectivity index (χ1n) is 7.95. The Morgan fingerprint density at radius 1 is 1.22 bits per heavy atom. The van der Waals surface area contributed by atoms with Gasteiger partial charge >= 0.3 is 0 Å². The Kier molecular flexibility index (Phi) is 6.21. The summed E-state index contributed by atoms with van der Waals surface area (Å²) in [5.74, 6) is 1.22. The van der Waals surface area contributed by atoms with Gasteiger partial charge in [0, 0.05) is 17.6 Å². The van der Waals surface area contributed by atoms with Crippen LogP contribution < -0.4 is 5.32 Å². The average molecular weight is 332 g/mol. The molecule has 0 aliphatic carbocycles. The summed E-state index contributed by atoms with van der Waals surface area (Å²) in [6, 6.07) is 10.5. The lowest BCUT2D eigenvalue weighted by Gasteiger charge is -2.16. The number of nitrogens with one attached hydrogen (secondary N) is 1. The van der Waals surface area contributed by atoms with Crippen molar-refractivity contribution in [2.45, 2.75) is 51.4 Å². The largest absolute Gasteiger partial charge is 0.353 e. The zero-order chi connectivity index (χ0) is 16.8. The quantitative estimate of drug-likeness (QED) is 0.788. The van der Waals surface area contributed by atoms with Crippen molar-refractivity contribution >= 4 is 17.7 Å². The molecule has 1 aromatic heterocycles. The van der Waals surface area contributed by atoms with Crippen LogP contribution >= 0.6 is 11.8 Å². The van der Waals surface area contributed by atoms with E-state index in [1.165, 1.54) is 11.8 Å². The number of thioether (sulfide) groups is 1. The number of hydrogen-bond donors (Lipinski definition) is 1. The standard InChI is InChI=1S/C17H24N4OS/c1-5-13(4)21-16(14-9-7-6-8-10-14)19-20-17(21)23-11-15(22)18-12(2)3/h6-10,12-13H,5,11H2,1-4H3,(H,18,22). The van der Waals surface area contributed by atoms with Crippen molar-refractivity contribution in [3.63, 3.8) is 0 Å². The minimum atomic E-state index is 0.0185. The average Bonchev–Trinajstić information content (AvgIpc) is 2.96. The van der Waals surface area contributed by atoms with Gasteiger partial charge in [-0.25, -0.2) is 0 Å². The summed E-state index contributed by atoms with van der Waals surface area (Å²) in [7, 11) is 0. The number of carbonyl (C=O) groups excluding carboxylic acids is 1. The second-order valence-corrected chi connectivity index (χ2v) is 6.75. The van der Waals surface area contributed by atoms with E-state index in [1.807, 2.05) is 44.2 Å². The van der Waals surface area contributed by atoms with E-state index in [2.05, 4.69) is 33.9 Å². The maximum Gasteiger partial charge on any atom is 0.230 e. The lowest BCUT2D eigenvalue weighted by molar-refractivity contribution is -0.119. The van der Waals surface area contributed by atoms with E-state index in [1.54, 1.807) is 0 Å². The fourth-order valence-electron chi connectivity index (χ4n) is 2.23. The summed E-state index contributed by atoms with van der Waals surface area (Å²) in [4.78, 5) is 11.9. The van der Waals surface area contributed by atoms with Crippen LogP contribution in [0.25, 0.3) is 11.4 Å². The molecule has 1 amide bonds. The first-order valence-corrected chi connectivity index (χ1v) is 8.94. The lowest BCUT2D eigenvalue weighted by atomic mass is 10.2. The van der Waals surface area contributed by atoms with Gasteiger partial charge in [-0.2, -0.15) is 0 Å². The number of carbonyl (C=O) groups is 1. The molecule has 0 saturated carbocycles. The van der Waals surface area contributed by atoms with Gasteiger partial charge in [0.05, 0.1) is 5.75 Å². The summed E-state index contributed by atoms with van der Waals surface area (Å²) in [6.07, 6.45) is 0.976. The highest BCUT2D eigenvalue weighted by Crippen LogP contribution is 2.28. The fraction of sp³-hybridized carbons (Fsp3) is 0.471. The first kappa shape index (κ1) is 17.5.